The van der Waals surface area contributed by atoms with Gasteiger partial charge in [0.2, 0.25) is 0 Å². The molecule has 2 unspecified atom stereocenters. The van der Waals surface area contributed by atoms with Crippen LogP contribution in [0.25, 0.3) is 0 Å². The van der Waals surface area contributed by atoms with E-state index in [1.807, 2.05) is 0 Å². The first-order valence-electron chi connectivity index (χ1n) is 8.44. The van der Waals surface area contributed by atoms with Crippen molar-refractivity contribution in [1.82, 2.24) is 15.1 Å². The van der Waals surface area contributed by atoms with Gasteiger partial charge in [-0.25, -0.2) is 0 Å². The lowest BCUT2D eigenvalue weighted by Gasteiger charge is -2.25. The molecule has 1 N–H and O–H groups in total. The Morgan fingerprint density at radius 1 is 1.11 bits per heavy atom. The van der Waals surface area contributed by atoms with E-state index >= 15 is 0 Å². The Bertz CT molecular complexity index is 238. The third-order valence-electron chi connectivity index (χ3n) is 5.00. The summed E-state index contributed by atoms with van der Waals surface area (Å²) in [7, 11) is 2.30. The van der Waals surface area contributed by atoms with E-state index in [9.17, 15) is 0 Å². The molecule has 2 aliphatic rings. The molecule has 1 saturated carbocycles. The van der Waals surface area contributed by atoms with Crippen LogP contribution in [0.3, 0.4) is 0 Å². The summed E-state index contributed by atoms with van der Waals surface area (Å²) in [5.41, 5.74) is 0. The maximum Gasteiger partial charge on any atom is 0.0109 e. The third kappa shape index (κ3) is 5.05. The summed E-state index contributed by atoms with van der Waals surface area (Å²) in [6.45, 7) is 9.83. The highest BCUT2D eigenvalue weighted by molar-refractivity contribution is 4.83. The summed E-state index contributed by atoms with van der Waals surface area (Å²) < 4.78 is 0. The van der Waals surface area contributed by atoms with Crippen molar-refractivity contribution < 1.29 is 0 Å². The van der Waals surface area contributed by atoms with Gasteiger partial charge in [-0.2, -0.15) is 0 Å². The van der Waals surface area contributed by atoms with Gasteiger partial charge in [-0.05, 0) is 71.2 Å². The molecule has 112 valence electrons. The van der Waals surface area contributed by atoms with Gasteiger partial charge in [-0.15, -0.1) is 0 Å². The average Bonchev–Trinajstić information content (AvgIpc) is 3.06. The molecule has 0 aromatic carbocycles. The molecular weight excluding hydrogens is 234 g/mol. The Balaban J connectivity index is 1.58. The van der Waals surface area contributed by atoms with Crippen LogP contribution < -0.4 is 5.32 Å². The van der Waals surface area contributed by atoms with E-state index in [2.05, 4.69) is 29.1 Å². The fraction of sp³-hybridized carbons (Fsp3) is 1.00. The lowest BCUT2D eigenvalue weighted by molar-refractivity contribution is 0.238. The van der Waals surface area contributed by atoms with Gasteiger partial charge in [0, 0.05) is 19.1 Å². The zero-order valence-corrected chi connectivity index (χ0v) is 13.0. The van der Waals surface area contributed by atoms with E-state index in [1.54, 1.807) is 0 Å². The van der Waals surface area contributed by atoms with Gasteiger partial charge in [0.25, 0.3) is 0 Å². The molecule has 3 heteroatoms. The van der Waals surface area contributed by atoms with Crippen molar-refractivity contribution in [2.75, 3.05) is 46.3 Å². The molecule has 2 fully saturated rings. The van der Waals surface area contributed by atoms with Crippen LogP contribution in [0.15, 0.2) is 0 Å². The van der Waals surface area contributed by atoms with Crippen molar-refractivity contribution in [3.05, 3.63) is 0 Å². The highest BCUT2D eigenvalue weighted by Crippen LogP contribution is 2.28. The minimum atomic E-state index is 0.803. The molecular formula is C16H33N3. The fourth-order valence-corrected chi connectivity index (χ4v) is 3.73. The zero-order chi connectivity index (χ0) is 13.5. The Labute approximate surface area is 119 Å². The lowest BCUT2D eigenvalue weighted by Crippen LogP contribution is -2.36. The number of nitrogens with one attached hydrogen (secondary N) is 1. The van der Waals surface area contributed by atoms with Gasteiger partial charge >= 0.3 is 0 Å². The van der Waals surface area contributed by atoms with Crippen LogP contribution in [-0.4, -0.2) is 62.2 Å². The quantitative estimate of drug-likeness (QED) is 0.727. The lowest BCUT2D eigenvalue weighted by atomic mass is 9.99. The predicted molar refractivity (Wildman–Crippen MR) is 82.6 cm³/mol. The largest absolute Gasteiger partial charge is 0.314 e. The summed E-state index contributed by atoms with van der Waals surface area (Å²) >= 11 is 0. The summed E-state index contributed by atoms with van der Waals surface area (Å²) in [6.07, 6.45) is 8.48. The van der Waals surface area contributed by atoms with Crippen LogP contribution >= 0.6 is 0 Å². The second-order valence-electron chi connectivity index (χ2n) is 6.50. The third-order valence-corrected chi connectivity index (χ3v) is 5.00. The molecule has 0 aromatic rings. The smallest absolute Gasteiger partial charge is 0.0109 e. The average molecular weight is 267 g/mol. The van der Waals surface area contributed by atoms with Gasteiger partial charge in [-0.3, -0.25) is 0 Å². The van der Waals surface area contributed by atoms with Crippen molar-refractivity contribution in [1.29, 1.82) is 0 Å². The van der Waals surface area contributed by atoms with E-state index in [0.717, 1.165) is 18.5 Å². The monoisotopic (exact) mass is 267 g/mol. The molecule has 1 saturated heterocycles. The second kappa shape index (κ2) is 8.23. The minimum absolute atomic E-state index is 0.803. The van der Waals surface area contributed by atoms with E-state index in [4.69, 9.17) is 0 Å². The summed E-state index contributed by atoms with van der Waals surface area (Å²) in [5.74, 6) is 0.925. The highest BCUT2D eigenvalue weighted by atomic mass is 15.2. The first-order valence-corrected chi connectivity index (χ1v) is 8.44. The van der Waals surface area contributed by atoms with E-state index in [0.29, 0.717) is 0 Å². The predicted octanol–water partition coefficient (Wildman–Crippen LogP) is 2.18. The first-order chi connectivity index (χ1) is 9.29. The van der Waals surface area contributed by atoms with Crippen molar-refractivity contribution >= 4 is 0 Å². The number of likely N-dealkylation sites (tertiary alicyclic amines) is 1. The Morgan fingerprint density at radius 2 is 1.89 bits per heavy atom. The zero-order valence-electron chi connectivity index (χ0n) is 13.0. The van der Waals surface area contributed by atoms with E-state index in [-0.39, 0.29) is 0 Å². The van der Waals surface area contributed by atoms with E-state index in [1.165, 1.54) is 71.2 Å². The number of rotatable bonds is 8. The van der Waals surface area contributed by atoms with Crippen molar-refractivity contribution in [3.63, 3.8) is 0 Å². The van der Waals surface area contributed by atoms with Crippen molar-refractivity contribution in [3.8, 4) is 0 Å². The first kappa shape index (κ1) is 15.3. The van der Waals surface area contributed by atoms with Crippen LogP contribution in [-0.2, 0) is 0 Å². The summed E-state index contributed by atoms with van der Waals surface area (Å²) in [6, 6.07) is 0.803. The van der Waals surface area contributed by atoms with Crippen LogP contribution in [0.1, 0.15) is 45.4 Å². The summed E-state index contributed by atoms with van der Waals surface area (Å²) in [5, 5.41) is 3.67. The van der Waals surface area contributed by atoms with Crippen molar-refractivity contribution in [2.45, 2.75) is 51.5 Å². The molecule has 1 aliphatic heterocycles. The minimum Gasteiger partial charge on any atom is -0.314 e. The maximum absolute atomic E-state index is 3.67. The SMILES string of the molecule is CCNC1CCCC1CCN(C)CCN1CCCC1. The molecule has 0 radical (unpaired) electrons. The number of hydrogen-bond donors (Lipinski definition) is 1. The number of hydrogen-bond acceptors (Lipinski definition) is 3. The highest BCUT2D eigenvalue weighted by Gasteiger charge is 2.26. The Hall–Kier alpha value is -0.120. The van der Waals surface area contributed by atoms with Crippen LogP contribution in [0.2, 0.25) is 0 Å². The van der Waals surface area contributed by atoms with Crippen molar-refractivity contribution in [2.24, 2.45) is 5.92 Å². The number of nitrogens with zero attached hydrogens (tertiary/aromatic N) is 2. The standard InChI is InChI=1S/C16H33N3/c1-3-17-16-8-6-7-15(16)9-12-18(2)13-14-19-10-4-5-11-19/h15-17H,3-14H2,1-2H3. The molecule has 0 spiro atoms. The molecule has 2 atom stereocenters. The fourth-order valence-electron chi connectivity index (χ4n) is 3.73. The topological polar surface area (TPSA) is 18.5 Å². The van der Waals surface area contributed by atoms with Crippen LogP contribution in [0.5, 0.6) is 0 Å². The van der Waals surface area contributed by atoms with E-state index < -0.39 is 0 Å². The van der Waals surface area contributed by atoms with Gasteiger partial charge in [-0.1, -0.05) is 13.3 Å². The van der Waals surface area contributed by atoms with Gasteiger partial charge in [0.05, 0.1) is 0 Å². The molecule has 2 rings (SSSR count). The van der Waals surface area contributed by atoms with Gasteiger partial charge in [0.1, 0.15) is 0 Å². The van der Waals surface area contributed by atoms with Gasteiger partial charge in [0.15, 0.2) is 0 Å². The maximum atomic E-state index is 3.67. The van der Waals surface area contributed by atoms with Gasteiger partial charge < -0.3 is 15.1 Å². The normalized spacial score (nSPS) is 28.6. The molecule has 0 aromatic heterocycles. The molecule has 1 heterocycles. The summed E-state index contributed by atoms with van der Waals surface area (Å²) in [4.78, 5) is 5.16. The molecule has 19 heavy (non-hydrogen) atoms. The Kier molecular flexibility index (Phi) is 6.62. The number of likely N-dealkylation sites (N-methyl/N-ethyl adjacent to an activating group) is 1. The van der Waals surface area contributed by atoms with Crippen LogP contribution in [0, 0.1) is 5.92 Å². The Morgan fingerprint density at radius 3 is 2.63 bits per heavy atom. The molecule has 3 nitrogen and oxygen atoms in total. The van der Waals surface area contributed by atoms with Crippen LogP contribution in [0.4, 0.5) is 0 Å². The molecule has 0 bridgehead atoms. The second-order valence-corrected chi connectivity index (χ2v) is 6.50. The molecule has 1 aliphatic carbocycles. The molecule has 0 amide bonds.